The van der Waals surface area contributed by atoms with Gasteiger partial charge in [-0.15, -0.1) is 0 Å². The van der Waals surface area contributed by atoms with Crippen molar-refractivity contribution in [1.29, 1.82) is 0 Å². The van der Waals surface area contributed by atoms with E-state index < -0.39 is 5.97 Å². The summed E-state index contributed by atoms with van der Waals surface area (Å²) >= 11 is 0. The summed E-state index contributed by atoms with van der Waals surface area (Å²) in [7, 11) is 0. The molecule has 0 bridgehead atoms. The van der Waals surface area contributed by atoms with Crippen LogP contribution in [0.1, 0.15) is 37.0 Å². The van der Waals surface area contributed by atoms with Crippen LogP contribution in [0.2, 0.25) is 0 Å². The van der Waals surface area contributed by atoms with Crippen molar-refractivity contribution in [3.8, 4) is 0 Å². The second-order valence-electron chi connectivity index (χ2n) is 6.04. The Bertz CT molecular complexity index is 678. The zero-order chi connectivity index (χ0) is 15.0. The fourth-order valence-electron chi connectivity index (χ4n) is 2.63. The van der Waals surface area contributed by atoms with E-state index in [-0.39, 0.29) is 0 Å². The maximum atomic E-state index is 11.5. The van der Waals surface area contributed by atoms with Crippen LogP contribution in [-0.4, -0.2) is 28.6 Å². The number of carbonyl (C=O) groups is 1. The molecule has 1 aliphatic carbocycles. The van der Waals surface area contributed by atoms with Gasteiger partial charge in [0.15, 0.2) is 0 Å². The minimum absolute atomic E-state index is 0.306. The molecule has 0 spiro atoms. The van der Waals surface area contributed by atoms with Crippen molar-refractivity contribution in [2.75, 3.05) is 11.4 Å². The van der Waals surface area contributed by atoms with Crippen molar-refractivity contribution in [2.45, 2.75) is 32.7 Å². The topological polar surface area (TPSA) is 53.4 Å². The van der Waals surface area contributed by atoms with E-state index in [1.54, 1.807) is 6.07 Å². The Morgan fingerprint density at radius 2 is 2.10 bits per heavy atom. The second kappa shape index (κ2) is 5.35. The summed E-state index contributed by atoms with van der Waals surface area (Å²) in [6.07, 6.45) is 2.53. The normalized spacial score (nSPS) is 14.6. The highest BCUT2D eigenvalue weighted by atomic mass is 16.4. The van der Waals surface area contributed by atoms with Crippen LogP contribution in [0.15, 0.2) is 30.3 Å². The molecular weight excluding hydrogens is 264 g/mol. The number of carboxylic acids is 1. The Kier molecular flexibility index (Phi) is 3.53. The van der Waals surface area contributed by atoms with Gasteiger partial charge in [0.2, 0.25) is 0 Å². The predicted molar refractivity (Wildman–Crippen MR) is 83.9 cm³/mol. The van der Waals surface area contributed by atoms with Gasteiger partial charge in [-0.2, -0.15) is 0 Å². The van der Waals surface area contributed by atoms with Gasteiger partial charge in [0, 0.05) is 18.0 Å². The predicted octanol–water partition coefficient (Wildman–Crippen LogP) is 3.56. The molecule has 1 heterocycles. The average molecular weight is 284 g/mol. The molecule has 1 N–H and O–H groups in total. The van der Waals surface area contributed by atoms with Gasteiger partial charge in [0.05, 0.1) is 11.1 Å². The van der Waals surface area contributed by atoms with Crippen LogP contribution in [-0.2, 0) is 0 Å². The van der Waals surface area contributed by atoms with Crippen LogP contribution >= 0.6 is 0 Å². The van der Waals surface area contributed by atoms with Crippen LogP contribution in [0.5, 0.6) is 0 Å². The molecule has 0 atom stereocenters. The van der Waals surface area contributed by atoms with Crippen LogP contribution in [0, 0.1) is 5.92 Å². The number of nitrogens with zero attached hydrogens (tertiary/aromatic N) is 2. The molecule has 0 aliphatic heterocycles. The number of para-hydroxylation sites is 1. The number of rotatable bonds is 5. The van der Waals surface area contributed by atoms with Crippen LogP contribution in [0.25, 0.3) is 10.9 Å². The Labute approximate surface area is 124 Å². The van der Waals surface area contributed by atoms with Gasteiger partial charge in [0.1, 0.15) is 5.82 Å². The molecule has 2 aromatic rings. The molecule has 1 aliphatic rings. The maximum Gasteiger partial charge on any atom is 0.336 e. The van der Waals surface area contributed by atoms with E-state index in [0.29, 0.717) is 17.0 Å². The lowest BCUT2D eigenvalue weighted by Crippen LogP contribution is -2.33. The number of pyridine rings is 1. The molecule has 0 amide bonds. The van der Waals surface area contributed by atoms with Gasteiger partial charge < -0.3 is 10.0 Å². The molecule has 21 heavy (non-hydrogen) atoms. The van der Waals surface area contributed by atoms with Crippen molar-refractivity contribution in [1.82, 2.24) is 4.98 Å². The maximum absolute atomic E-state index is 11.5. The van der Waals surface area contributed by atoms with Crippen molar-refractivity contribution >= 4 is 22.7 Å². The average Bonchev–Trinajstić information content (AvgIpc) is 3.27. The SMILES string of the molecule is CC(C)N(CC1CC1)c1cc(C(=O)O)c2ccccc2n1. The first-order valence-corrected chi connectivity index (χ1v) is 7.46. The molecule has 1 aromatic carbocycles. The monoisotopic (exact) mass is 284 g/mol. The van der Waals surface area contributed by atoms with Crippen LogP contribution in [0.4, 0.5) is 5.82 Å². The number of hydrogen-bond acceptors (Lipinski definition) is 3. The van der Waals surface area contributed by atoms with Gasteiger partial charge in [-0.3, -0.25) is 0 Å². The molecule has 1 aromatic heterocycles. The van der Waals surface area contributed by atoms with Crippen LogP contribution < -0.4 is 4.90 Å². The highest BCUT2D eigenvalue weighted by Gasteiger charge is 2.27. The molecular formula is C17H20N2O2. The van der Waals surface area contributed by atoms with Gasteiger partial charge in [0.25, 0.3) is 0 Å². The summed E-state index contributed by atoms with van der Waals surface area (Å²) in [5.41, 5.74) is 1.07. The van der Waals surface area contributed by atoms with Crippen molar-refractivity contribution in [3.05, 3.63) is 35.9 Å². The Balaban J connectivity index is 2.10. The number of hydrogen-bond donors (Lipinski definition) is 1. The molecule has 1 saturated carbocycles. The second-order valence-corrected chi connectivity index (χ2v) is 6.04. The fourth-order valence-corrected chi connectivity index (χ4v) is 2.63. The number of benzene rings is 1. The highest BCUT2D eigenvalue weighted by Crippen LogP contribution is 2.33. The summed E-state index contributed by atoms with van der Waals surface area (Å²) < 4.78 is 0. The Morgan fingerprint density at radius 3 is 2.71 bits per heavy atom. The zero-order valence-electron chi connectivity index (χ0n) is 12.4. The smallest absolute Gasteiger partial charge is 0.336 e. The number of anilines is 1. The number of carboxylic acid groups (broad SMARTS) is 1. The van der Waals surface area contributed by atoms with Crippen molar-refractivity contribution in [3.63, 3.8) is 0 Å². The third-order valence-corrected chi connectivity index (χ3v) is 4.00. The van der Waals surface area contributed by atoms with Gasteiger partial charge in [-0.25, -0.2) is 9.78 Å². The van der Waals surface area contributed by atoms with Gasteiger partial charge in [-0.05, 0) is 44.7 Å². The minimum atomic E-state index is -0.898. The standard InChI is InChI=1S/C17H20N2O2/c1-11(2)19(10-12-7-8-12)16-9-14(17(20)21)13-5-3-4-6-15(13)18-16/h3-6,9,11-12H,7-8,10H2,1-2H3,(H,20,21). The number of fused-ring (bicyclic) bond motifs is 1. The molecule has 0 saturated heterocycles. The number of aromatic nitrogens is 1. The summed E-state index contributed by atoms with van der Waals surface area (Å²) in [4.78, 5) is 18.4. The first-order valence-electron chi connectivity index (χ1n) is 7.46. The van der Waals surface area contributed by atoms with Crippen molar-refractivity contribution < 1.29 is 9.90 Å². The summed E-state index contributed by atoms with van der Waals surface area (Å²) in [5, 5.41) is 10.2. The third-order valence-electron chi connectivity index (χ3n) is 4.00. The highest BCUT2D eigenvalue weighted by molar-refractivity contribution is 6.03. The summed E-state index contributed by atoms with van der Waals surface area (Å²) in [6.45, 7) is 5.21. The lowest BCUT2D eigenvalue weighted by Gasteiger charge is -2.28. The summed E-state index contributed by atoms with van der Waals surface area (Å²) in [5.74, 6) is 0.604. The first-order chi connectivity index (χ1) is 10.1. The minimum Gasteiger partial charge on any atom is -0.478 e. The van der Waals surface area contributed by atoms with E-state index in [9.17, 15) is 9.90 Å². The molecule has 1 fully saturated rings. The van der Waals surface area contributed by atoms with Crippen molar-refractivity contribution in [2.24, 2.45) is 5.92 Å². The van der Waals surface area contributed by atoms with Gasteiger partial charge in [-0.1, -0.05) is 18.2 Å². The van der Waals surface area contributed by atoms with E-state index in [1.807, 2.05) is 24.3 Å². The molecule has 4 nitrogen and oxygen atoms in total. The molecule has 0 unspecified atom stereocenters. The molecule has 110 valence electrons. The van der Waals surface area contributed by atoms with E-state index in [0.717, 1.165) is 23.8 Å². The fraction of sp³-hybridized carbons (Fsp3) is 0.412. The molecule has 3 rings (SSSR count). The van der Waals surface area contributed by atoms with E-state index in [4.69, 9.17) is 0 Å². The Morgan fingerprint density at radius 1 is 1.38 bits per heavy atom. The lowest BCUT2D eigenvalue weighted by atomic mass is 10.1. The molecule has 4 heteroatoms. The third kappa shape index (κ3) is 2.84. The van der Waals surface area contributed by atoms with Crippen LogP contribution in [0.3, 0.4) is 0 Å². The molecule has 0 radical (unpaired) electrons. The van der Waals surface area contributed by atoms with E-state index >= 15 is 0 Å². The largest absolute Gasteiger partial charge is 0.478 e. The van der Waals surface area contributed by atoms with E-state index in [2.05, 4.69) is 23.7 Å². The van der Waals surface area contributed by atoms with E-state index in [1.165, 1.54) is 12.8 Å². The van der Waals surface area contributed by atoms with Gasteiger partial charge >= 0.3 is 5.97 Å². The quantitative estimate of drug-likeness (QED) is 0.912. The summed E-state index contributed by atoms with van der Waals surface area (Å²) in [6, 6.07) is 9.46. The zero-order valence-corrected chi connectivity index (χ0v) is 12.4. The number of aromatic carboxylic acids is 1. The first kappa shape index (κ1) is 13.9. The lowest BCUT2D eigenvalue weighted by molar-refractivity contribution is 0.0699. The Hall–Kier alpha value is -2.10.